The highest BCUT2D eigenvalue weighted by Gasteiger charge is 2.16. The van der Waals surface area contributed by atoms with E-state index in [0.29, 0.717) is 23.9 Å². The van der Waals surface area contributed by atoms with E-state index in [0.717, 1.165) is 17.8 Å². The molecule has 0 amide bonds. The average molecular weight is 276 g/mol. The Morgan fingerprint density at radius 1 is 1.30 bits per heavy atom. The summed E-state index contributed by atoms with van der Waals surface area (Å²) < 4.78 is 10.8. The number of ether oxygens (including phenoxy) is 2. The van der Waals surface area contributed by atoms with Gasteiger partial charge in [-0.15, -0.1) is 0 Å². The van der Waals surface area contributed by atoms with Gasteiger partial charge in [0.2, 0.25) is 0 Å². The third kappa shape index (κ3) is 2.91. The molecule has 2 aromatic rings. The van der Waals surface area contributed by atoms with Crippen LogP contribution in [0.3, 0.4) is 0 Å². The van der Waals surface area contributed by atoms with E-state index in [1.807, 2.05) is 32.0 Å². The quantitative estimate of drug-likeness (QED) is 0.840. The fraction of sp³-hybridized carbons (Fsp3) is 0.429. The van der Waals surface area contributed by atoms with Gasteiger partial charge in [-0.2, -0.15) is 5.10 Å². The highest BCUT2D eigenvalue weighted by Crippen LogP contribution is 2.30. The topological polar surface area (TPSA) is 86.0 Å². The number of aromatic amines is 1. The zero-order valence-corrected chi connectivity index (χ0v) is 12.0. The van der Waals surface area contributed by atoms with Crippen LogP contribution in [0.15, 0.2) is 18.2 Å². The summed E-state index contributed by atoms with van der Waals surface area (Å²) >= 11 is 0. The molecule has 2 rings (SSSR count). The molecule has 20 heavy (non-hydrogen) atoms. The highest BCUT2D eigenvalue weighted by molar-refractivity contribution is 5.44. The molecule has 6 nitrogen and oxygen atoms in total. The lowest BCUT2D eigenvalue weighted by Gasteiger charge is -2.13. The lowest BCUT2D eigenvalue weighted by Crippen LogP contribution is -2.14. The van der Waals surface area contributed by atoms with Crippen LogP contribution in [0.2, 0.25) is 0 Å². The molecule has 0 aliphatic carbocycles. The Morgan fingerprint density at radius 2 is 2.10 bits per heavy atom. The Bertz CT molecular complexity index is 568. The first kappa shape index (κ1) is 14.3. The van der Waals surface area contributed by atoms with Gasteiger partial charge in [-0.3, -0.25) is 5.10 Å². The molecule has 0 bridgehead atoms. The maximum atomic E-state index is 6.20. The number of nitrogens with one attached hydrogen (secondary N) is 1. The lowest BCUT2D eigenvalue weighted by molar-refractivity contribution is 0.310. The van der Waals surface area contributed by atoms with Crippen molar-refractivity contribution >= 4 is 0 Å². The van der Waals surface area contributed by atoms with Crippen molar-refractivity contribution in [3.05, 3.63) is 35.4 Å². The largest absolute Gasteiger partial charge is 0.493 e. The Hall–Kier alpha value is -2.08. The number of H-pyrrole nitrogens is 1. The van der Waals surface area contributed by atoms with Gasteiger partial charge >= 0.3 is 0 Å². The van der Waals surface area contributed by atoms with Crippen LogP contribution in [0.4, 0.5) is 0 Å². The second-order valence-corrected chi connectivity index (χ2v) is 4.31. The minimum Gasteiger partial charge on any atom is -0.493 e. The Morgan fingerprint density at radius 3 is 2.70 bits per heavy atom. The summed E-state index contributed by atoms with van der Waals surface area (Å²) in [5, 5.41) is 7.02. The Kier molecular flexibility index (Phi) is 4.57. The number of hydrogen-bond acceptors (Lipinski definition) is 5. The first-order chi connectivity index (χ1) is 9.69. The van der Waals surface area contributed by atoms with Crippen LogP contribution in [-0.4, -0.2) is 28.9 Å². The number of nitrogens with two attached hydrogens (primary N) is 1. The van der Waals surface area contributed by atoms with Crippen LogP contribution in [0, 0.1) is 0 Å². The van der Waals surface area contributed by atoms with Gasteiger partial charge in [-0.05, 0) is 24.6 Å². The number of rotatable bonds is 6. The van der Waals surface area contributed by atoms with Gasteiger partial charge in [0.1, 0.15) is 5.82 Å². The summed E-state index contributed by atoms with van der Waals surface area (Å²) in [6.45, 7) is 4.50. The van der Waals surface area contributed by atoms with E-state index in [9.17, 15) is 0 Å². The highest BCUT2D eigenvalue weighted by atomic mass is 16.5. The van der Waals surface area contributed by atoms with Gasteiger partial charge < -0.3 is 15.2 Å². The molecule has 1 unspecified atom stereocenters. The first-order valence-electron chi connectivity index (χ1n) is 6.67. The van der Waals surface area contributed by atoms with Gasteiger partial charge in [0.15, 0.2) is 17.3 Å². The van der Waals surface area contributed by atoms with Crippen LogP contribution in [0.25, 0.3) is 0 Å². The average Bonchev–Trinajstić information content (AvgIpc) is 2.95. The fourth-order valence-electron chi connectivity index (χ4n) is 1.91. The molecule has 0 radical (unpaired) electrons. The van der Waals surface area contributed by atoms with Crippen molar-refractivity contribution < 1.29 is 9.47 Å². The van der Waals surface area contributed by atoms with E-state index in [4.69, 9.17) is 15.2 Å². The fourth-order valence-corrected chi connectivity index (χ4v) is 1.91. The van der Waals surface area contributed by atoms with E-state index in [-0.39, 0.29) is 0 Å². The van der Waals surface area contributed by atoms with E-state index in [1.165, 1.54) is 0 Å². The Labute approximate surface area is 118 Å². The molecule has 1 heterocycles. The SMILES string of the molecule is CCOc1cc(C(N)c2n[nH]c(CC)n2)ccc1OC. The van der Waals surface area contributed by atoms with Gasteiger partial charge in [-0.25, -0.2) is 4.98 Å². The van der Waals surface area contributed by atoms with Crippen molar-refractivity contribution in [2.24, 2.45) is 5.73 Å². The second-order valence-electron chi connectivity index (χ2n) is 4.31. The van der Waals surface area contributed by atoms with Gasteiger partial charge in [0.05, 0.1) is 19.8 Å². The van der Waals surface area contributed by atoms with Gasteiger partial charge in [0.25, 0.3) is 0 Å². The number of hydrogen-bond donors (Lipinski definition) is 2. The molecule has 3 N–H and O–H groups in total. The molecule has 0 saturated heterocycles. The maximum Gasteiger partial charge on any atom is 0.171 e. The van der Waals surface area contributed by atoms with Gasteiger partial charge in [-0.1, -0.05) is 13.0 Å². The van der Waals surface area contributed by atoms with E-state index in [2.05, 4.69) is 15.2 Å². The van der Waals surface area contributed by atoms with Crippen LogP contribution < -0.4 is 15.2 Å². The molecule has 1 atom stereocenters. The third-order valence-electron chi connectivity index (χ3n) is 3.01. The van der Waals surface area contributed by atoms with Crippen molar-refractivity contribution in [3.63, 3.8) is 0 Å². The predicted molar refractivity (Wildman–Crippen MR) is 76.0 cm³/mol. The van der Waals surface area contributed by atoms with Crippen molar-refractivity contribution in [2.75, 3.05) is 13.7 Å². The smallest absolute Gasteiger partial charge is 0.171 e. The summed E-state index contributed by atoms with van der Waals surface area (Å²) in [7, 11) is 1.61. The number of aromatic nitrogens is 3. The van der Waals surface area contributed by atoms with Crippen LogP contribution >= 0.6 is 0 Å². The van der Waals surface area contributed by atoms with Crippen LogP contribution in [0.1, 0.15) is 37.1 Å². The number of nitrogens with zero attached hydrogens (tertiary/aromatic N) is 2. The van der Waals surface area contributed by atoms with E-state index in [1.54, 1.807) is 7.11 Å². The number of benzene rings is 1. The molecule has 1 aromatic carbocycles. The summed E-state index contributed by atoms with van der Waals surface area (Å²) in [6, 6.07) is 5.22. The van der Waals surface area contributed by atoms with Crippen molar-refractivity contribution in [3.8, 4) is 11.5 Å². The normalized spacial score (nSPS) is 12.2. The molecule has 0 spiro atoms. The maximum absolute atomic E-state index is 6.20. The molecule has 0 aliphatic rings. The molecule has 0 fully saturated rings. The summed E-state index contributed by atoms with van der Waals surface area (Å²) in [5.74, 6) is 2.77. The zero-order chi connectivity index (χ0) is 14.5. The summed E-state index contributed by atoms with van der Waals surface area (Å²) in [5.41, 5.74) is 7.08. The monoisotopic (exact) mass is 276 g/mol. The first-order valence-corrected chi connectivity index (χ1v) is 6.67. The summed E-state index contributed by atoms with van der Waals surface area (Å²) in [4.78, 5) is 4.36. The Balaban J connectivity index is 2.29. The minimum atomic E-state index is -0.392. The molecule has 0 aliphatic heterocycles. The lowest BCUT2D eigenvalue weighted by atomic mass is 10.1. The van der Waals surface area contributed by atoms with E-state index < -0.39 is 6.04 Å². The number of methoxy groups -OCH3 is 1. The van der Waals surface area contributed by atoms with Crippen molar-refractivity contribution in [1.82, 2.24) is 15.2 Å². The molecular weight excluding hydrogens is 256 g/mol. The van der Waals surface area contributed by atoms with Crippen molar-refractivity contribution in [1.29, 1.82) is 0 Å². The zero-order valence-electron chi connectivity index (χ0n) is 12.0. The summed E-state index contributed by atoms with van der Waals surface area (Å²) in [6.07, 6.45) is 0.798. The van der Waals surface area contributed by atoms with E-state index >= 15 is 0 Å². The van der Waals surface area contributed by atoms with Crippen LogP contribution in [0.5, 0.6) is 11.5 Å². The second kappa shape index (κ2) is 6.38. The predicted octanol–water partition coefficient (Wildman–Crippen LogP) is 1.82. The molecule has 6 heteroatoms. The van der Waals surface area contributed by atoms with Gasteiger partial charge in [0, 0.05) is 6.42 Å². The van der Waals surface area contributed by atoms with Crippen molar-refractivity contribution in [2.45, 2.75) is 26.3 Å². The number of aryl methyl sites for hydroxylation is 1. The molecule has 108 valence electrons. The molecular formula is C14H20N4O2. The molecule has 0 saturated carbocycles. The third-order valence-corrected chi connectivity index (χ3v) is 3.01. The molecule has 1 aromatic heterocycles. The van der Waals surface area contributed by atoms with Crippen LogP contribution in [-0.2, 0) is 6.42 Å². The minimum absolute atomic E-state index is 0.392. The standard InChI is InChI=1S/C14H20N4O2/c1-4-12-16-14(18-17-12)13(15)9-6-7-10(19-3)11(8-9)20-5-2/h6-8,13H,4-5,15H2,1-3H3,(H,16,17,18).